The molecule has 2 aromatic rings. The monoisotopic (exact) mass is 1270 g/mol. The molecule has 11 fully saturated rings. The van der Waals surface area contributed by atoms with Crippen molar-refractivity contribution >= 4 is 16.6 Å². The fourth-order valence-corrected chi connectivity index (χ4v) is 31.0. The summed E-state index contributed by atoms with van der Waals surface area (Å²) in [7, 11) is -2.75. The van der Waals surface area contributed by atoms with E-state index in [1.165, 1.54) is 166 Å². The first-order valence-electron chi connectivity index (χ1n) is 40.3. The van der Waals surface area contributed by atoms with Crippen LogP contribution in [0.1, 0.15) is 217 Å². The van der Waals surface area contributed by atoms with Crippen molar-refractivity contribution in [1.82, 2.24) is 0 Å². The van der Waals surface area contributed by atoms with Gasteiger partial charge in [-0.25, -0.2) is 0 Å². The molecular weight excluding hydrogens is 1150 g/mol. The molecule has 0 spiro atoms. The Kier molecular flexibility index (Phi) is 21.8. The van der Waals surface area contributed by atoms with E-state index in [0.717, 1.165) is 166 Å². The predicted molar refractivity (Wildman–Crippen MR) is 394 cm³/mol. The van der Waals surface area contributed by atoms with Crippen molar-refractivity contribution < 1.29 is 8.85 Å². The van der Waals surface area contributed by atoms with E-state index in [2.05, 4.69) is 174 Å². The molecule has 0 aliphatic heterocycles. The van der Waals surface area contributed by atoms with Crippen LogP contribution in [-0.4, -0.2) is 29.8 Å². The van der Waals surface area contributed by atoms with Crippen LogP contribution < -0.4 is 0 Å². The molecule has 19 rings (SSSR count). The third kappa shape index (κ3) is 15.9. The van der Waals surface area contributed by atoms with E-state index in [1.807, 2.05) is 0 Å². The molecule has 0 heterocycles. The van der Waals surface area contributed by atoms with Crippen LogP contribution >= 0.6 is 0 Å². The van der Waals surface area contributed by atoms with Crippen molar-refractivity contribution in [1.29, 1.82) is 0 Å². The molecular formula is C88H130O2Si2. The van der Waals surface area contributed by atoms with Crippen LogP contribution in [0.3, 0.4) is 0 Å². The van der Waals surface area contributed by atoms with E-state index in [0.29, 0.717) is 0 Å². The highest BCUT2D eigenvalue weighted by atomic mass is 28.4. The largest absolute Gasteiger partial charge is 0.417 e. The standard InChI is InChI=1S/C20H24.C17H28.C15H18.C14H20.2C11H20OSi/c1-2-4-14(5-3-1)18-11-17-10-16(18)12-20(17)19-9-13-6-7-15(19)8-13;1(2-4-6-14-8-9-14)3-5-7-16-12-15-10-11-17(16)13-15;1-2-4-12(5-3-1)6-8-14-10-13-7-9-15(14)11-13;1-3-11-5-9(1)7-13(11)14-8-10-2-4-12(14)6-10;2*1-4-12-13(2,3)11-8-9-5-6-10(11)7-9/h1-7,13,15-20H,8-12H2;10-11,14-17H,1-9,12-13H2;1-5,7,9,13-15H,6,8,10-11H2;1,3,9-14H,2,4-8H2;2*5-6,9-11H,4,7-8H2,1-3H3. The van der Waals surface area contributed by atoms with Gasteiger partial charge in [-0.05, 0) is 339 Å². The number of rotatable bonds is 20. The average Bonchev–Trinajstić information content (AvgIpc) is 1.64. The Balaban J connectivity index is 0.0000000966. The quantitative estimate of drug-likeness (QED) is 0.0747. The van der Waals surface area contributed by atoms with Crippen molar-refractivity contribution in [3.63, 3.8) is 0 Å². The molecule has 0 saturated heterocycles. The number of benzene rings is 2. The third-order valence-electron chi connectivity index (χ3n) is 29.4. The summed E-state index contributed by atoms with van der Waals surface area (Å²) in [5, 5.41) is 0. The molecule has 17 aliphatic rings. The highest BCUT2D eigenvalue weighted by Gasteiger charge is 2.53. The second-order valence-corrected chi connectivity index (χ2v) is 44.3. The van der Waals surface area contributed by atoms with E-state index in [-0.39, 0.29) is 0 Å². The molecule has 2 nitrogen and oxygen atoms in total. The zero-order chi connectivity index (χ0) is 62.8. The van der Waals surface area contributed by atoms with Crippen LogP contribution in [0.4, 0.5) is 0 Å². The lowest BCUT2D eigenvalue weighted by Gasteiger charge is -2.35. The van der Waals surface area contributed by atoms with E-state index >= 15 is 0 Å². The summed E-state index contributed by atoms with van der Waals surface area (Å²) in [6.07, 6.45) is 74.5. The SMILES string of the molecule is C1=CC2CC1CC2C1CC2CC1CC2c1ccccc1.C1=CC2CC1CC2C1CC2CCC1C2.C1=CC2CC1CC2CCCCCCCC1CC1.C1=CC2CC1CC2CCc1ccccc1.CCO[Si](C)(C)C1CC2C=CC1C2.CCO[Si](C)(C)C1CC2C=CC1C2. The number of allylic oxidation sites excluding steroid dienone is 12. The Hall–Kier alpha value is -2.77. The van der Waals surface area contributed by atoms with Crippen molar-refractivity contribution in [2.75, 3.05) is 13.2 Å². The van der Waals surface area contributed by atoms with Gasteiger partial charge < -0.3 is 8.85 Å². The zero-order valence-corrected chi connectivity index (χ0v) is 61.2. The van der Waals surface area contributed by atoms with Crippen LogP contribution in [-0.2, 0) is 15.3 Å². The Morgan fingerprint density at radius 1 is 0.348 bits per heavy atom. The second-order valence-electron chi connectivity index (χ2n) is 35.9. The number of aryl methyl sites for hydroxylation is 1. The van der Waals surface area contributed by atoms with E-state index in [9.17, 15) is 0 Å². The van der Waals surface area contributed by atoms with Crippen molar-refractivity contribution in [2.45, 2.75) is 250 Å². The fraction of sp³-hybridized carbons (Fsp3) is 0.727. The van der Waals surface area contributed by atoms with Crippen molar-refractivity contribution in [2.24, 2.45) is 136 Å². The fourth-order valence-electron chi connectivity index (χ4n) is 24.7. The molecule has 502 valence electrons. The first-order valence-corrected chi connectivity index (χ1v) is 46.3. The van der Waals surface area contributed by atoms with Gasteiger partial charge in [-0.1, -0.05) is 191 Å². The van der Waals surface area contributed by atoms with E-state index < -0.39 is 16.6 Å². The normalized spacial score (nSPS) is 41.7. The Morgan fingerprint density at radius 2 is 0.815 bits per heavy atom. The third-order valence-corrected chi connectivity index (χ3v) is 36.4. The second kappa shape index (κ2) is 30.1. The number of hydrogen-bond donors (Lipinski definition) is 0. The summed E-state index contributed by atoms with van der Waals surface area (Å²) in [4.78, 5) is 0. The summed E-state index contributed by atoms with van der Waals surface area (Å²) >= 11 is 0. The first-order chi connectivity index (χ1) is 44.9. The summed E-state index contributed by atoms with van der Waals surface area (Å²) in [5.41, 5.74) is 4.90. The summed E-state index contributed by atoms with van der Waals surface area (Å²) in [6, 6.07) is 22.2. The summed E-state index contributed by atoms with van der Waals surface area (Å²) < 4.78 is 11.9. The Morgan fingerprint density at radius 3 is 1.23 bits per heavy atom. The minimum absolute atomic E-state index is 0.859. The number of fused-ring (bicyclic) bond motifs is 16. The van der Waals surface area contributed by atoms with Crippen LogP contribution in [0.2, 0.25) is 37.3 Å². The minimum atomic E-state index is -1.38. The van der Waals surface area contributed by atoms with E-state index in [4.69, 9.17) is 8.85 Å². The van der Waals surface area contributed by atoms with Crippen LogP contribution in [0.15, 0.2) is 134 Å². The Labute approximate surface area is 565 Å². The van der Waals surface area contributed by atoms with Gasteiger partial charge in [-0.15, -0.1) is 0 Å². The van der Waals surface area contributed by atoms with Gasteiger partial charge in [-0.2, -0.15) is 0 Å². The average molecular weight is 1280 g/mol. The Bertz CT molecular complexity index is 2790. The molecule has 0 amide bonds. The topological polar surface area (TPSA) is 18.5 Å². The van der Waals surface area contributed by atoms with Gasteiger partial charge in [0.25, 0.3) is 0 Å². The molecule has 0 N–H and O–H groups in total. The van der Waals surface area contributed by atoms with Crippen molar-refractivity contribution in [3.8, 4) is 0 Å². The molecule has 17 aliphatic carbocycles. The number of unbranched alkanes of at least 4 members (excludes halogenated alkanes) is 4. The lowest BCUT2D eigenvalue weighted by atomic mass is 9.70. The first kappa shape index (κ1) is 66.5. The lowest BCUT2D eigenvalue weighted by molar-refractivity contribution is 0.189. The van der Waals surface area contributed by atoms with Crippen LogP contribution in [0.5, 0.6) is 0 Å². The van der Waals surface area contributed by atoms with Gasteiger partial charge in [0.2, 0.25) is 0 Å². The highest BCUT2D eigenvalue weighted by Crippen LogP contribution is 2.63. The molecule has 0 radical (unpaired) electrons. The summed E-state index contributed by atoms with van der Waals surface area (Å²) in [5.74, 6) is 24.0. The summed E-state index contributed by atoms with van der Waals surface area (Å²) in [6.45, 7) is 15.6. The molecule has 25 unspecified atom stereocenters. The van der Waals surface area contributed by atoms with Gasteiger partial charge >= 0.3 is 0 Å². The molecule has 11 saturated carbocycles. The maximum absolute atomic E-state index is 5.97. The molecule has 0 aromatic heterocycles. The van der Waals surface area contributed by atoms with Gasteiger partial charge in [0, 0.05) is 13.2 Å². The molecule has 16 bridgehead atoms. The van der Waals surface area contributed by atoms with Crippen LogP contribution in [0.25, 0.3) is 0 Å². The molecule has 92 heavy (non-hydrogen) atoms. The van der Waals surface area contributed by atoms with Gasteiger partial charge in [-0.3, -0.25) is 0 Å². The highest BCUT2D eigenvalue weighted by molar-refractivity contribution is 6.73. The van der Waals surface area contributed by atoms with E-state index in [1.54, 1.807) is 37.7 Å². The minimum Gasteiger partial charge on any atom is -0.417 e. The van der Waals surface area contributed by atoms with Crippen molar-refractivity contribution in [3.05, 3.63) is 145 Å². The maximum atomic E-state index is 5.97. The van der Waals surface area contributed by atoms with Gasteiger partial charge in [0.15, 0.2) is 16.6 Å². The van der Waals surface area contributed by atoms with Gasteiger partial charge in [0.1, 0.15) is 0 Å². The molecule has 25 atom stereocenters. The number of hydrogen-bond acceptors (Lipinski definition) is 2. The maximum Gasteiger partial charge on any atom is 0.190 e. The molecule has 2 aromatic carbocycles. The van der Waals surface area contributed by atoms with Gasteiger partial charge in [0.05, 0.1) is 0 Å². The zero-order valence-electron chi connectivity index (χ0n) is 59.2. The van der Waals surface area contributed by atoms with Crippen LogP contribution in [0, 0.1) is 136 Å². The predicted octanol–water partition coefficient (Wildman–Crippen LogP) is 24.2. The molecule has 4 heteroatoms. The smallest absolute Gasteiger partial charge is 0.190 e. The lowest BCUT2D eigenvalue weighted by Crippen LogP contribution is -2.38.